The Morgan fingerprint density at radius 2 is 2.20 bits per heavy atom. The molecule has 0 spiro atoms. The van der Waals surface area contributed by atoms with Crippen molar-refractivity contribution in [1.82, 2.24) is 14.8 Å². The van der Waals surface area contributed by atoms with Crippen LogP contribution in [0, 0.1) is 12.7 Å². The lowest BCUT2D eigenvalue weighted by Crippen LogP contribution is -2.17. The largest absolute Gasteiger partial charge is 0.315 e. The molecule has 1 N–H and O–H groups in total. The Morgan fingerprint density at radius 1 is 1.50 bits per heavy atom. The summed E-state index contributed by atoms with van der Waals surface area (Å²) in [6.45, 7) is 4.29. The second-order valence-corrected chi connectivity index (χ2v) is 5.24. The number of thiocarbonyl (C=S) groups is 1. The normalized spacial score (nSPS) is 10.7. The molecule has 0 atom stereocenters. The monoisotopic (exact) mass is 332 g/mol. The Balaban J connectivity index is 2.38. The number of hydrogen-bond acceptors (Lipinski definition) is 3. The maximum Gasteiger partial charge on any atom is 0.229 e. The zero-order valence-corrected chi connectivity index (χ0v) is 13.1. The molecule has 2 rings (SSSR count). The van der Waals surface area contributed by atoms with Crippen LogP contribution >= 0.6 is 35.4 Å². The summed E-state index contributed by atoms with van der Waals surface area (Å²) in [6.07, 6.45) is 1.55. The van der Waals surface area contributed by atoms with E-state index in [1.807, 2.05) is 6.92 Å². The van der Waals surface area contributed by atoms with Gasteiger partial charge in [-0.2, -0.15) is 0 Å². The predicted octanol–water partition coefficient (Wildman–Crippen LogP) is 3.84. The van der Waals surface area contributed by atoms with Gasteiger partial charge in [0.1, 0.15) is 17.1 Å². The third-order valence-electron chi connectivity index (χ3n) is 2.81. The smallest absolute Gasteiger partial charge is 0.229 e. The summed E-state index contributed by atoms with van der Waals surface area (Å²) < 4.78 is 15.8. The molecular weight excluding hydrogens is 322 g/mol. The van der Waals surface area contributed by atoms with Gasteiger partial charge in [0, 0.05) is 11.6 Å². The molecule has 0 radical (unpaired) electrons. The Kier molecular flexibility index (Phi) is 4.57. The Hall–Kier alpha value is -1.24. The van der Waals surface area contributed by atoms with Crippen molar-refractivity contribution in [3.05, 3.63) is 39.4 Å². The van der Waals surface area contributed by atoms with Crippen LogP contribution in [-0.4, -0.2) is 19.8 Å². The number of aryl methyl sites for hydroxylation is 1. The van der Waals surface area contributed by atoms with Crippen molar-refractivity contribution in [3.8, 4) is 0 Å². The van der Waals surface area contributed by atoms with Crippen molar-refractivity contribution >= 4 is 46.4 Å². The lowest BCUT2D eigenvalue weighted by Gasteiger charge is -2.13. The maximum atomic E-state index is 14.0. The molecule has 0 saturated carbocycles. The van der Waals surface area contributed by atoms with Crippen molar-refractivity contribution in [2.75, 3.05) is 5.32 Å². The lowest BCUT2D eigenvalue weighted by molar-refractivity contribution is 0.625. The average Bonchev–Trinajstić information content (AvgIpc) is 2.83. The van der Waals surface area contributed by atoms with E-state index >= 15 is 0 Å². The number of nitrogens with zero attached hydrogens (tertiary/aromatic N) is 3. The SMILES string of the molecule is CCn1cnnc1NC(=S)c1c(F)cc(Cl)c(C)c1Cl. The summed E-state index contributed by atoms with van der Waals surface area (Å²) in [4.78, 5) is 0.134. The minimum absolute atomic E-state index is 0.106. The topological polar surface area (TPSA) is 42.7 Å². The van der Waals surface area contributed by atoms with Gasteiger partial charge in [-0.25, -0.2) is 4.39 Å². The van der Waals surface area contributed by atoms with Crippen LogP contribution in [0.1, 0.15) is 18.1 Å². The van der Waals surface area contributed by atoms with Gasteiger partial charge >= 0.3 is 0 Å². The Bertz CT molecular complexity index is 672. The van der Waals surface area contributed by atoms with E-state index in [4.69, 9.17) is 35.4 Å². The molecule has 2 aromatic rings. The van der Waals surface area contributed by atoms with Gasteiger partial charge in [0.05, 0.1) is 10.6 Å². The van der Waals surface area contributed by atoms with Gasteiger partial charge in [-0.05, 0) is 25.5 Å². The highest BCUT2D eigenvalue weighted by Gasteiger charge is 2.18. The second kappa shape index (κ2) is 6.03. The zero-order valence-electron chi connectivity index (χ0n) is 10.7. The fourth-order valence-electron chi connectivity index (χ4n) is 1.64. The van der Waals surface area contributed by atoms with Gasteiger partial charge in [-0.3, -0.25) is 0 Å². The fourth-order valence-corrected chi connectivity index (χ4v) is 2.52. The van der Waals surface area contributed by atoms with Crippen LogP contribution in [0.3, 0.4) is 0 Å². The van der Waals surface area contributed by atoms with E-state index in [0.717, 1.165) is 0 Å². The molecule has 0 aliphatic rings. The van der Waals surface area contributed by atoms with Gasteiger partial charge in [-0.1, -0.05) is 35.4 Å². The van der Waals surface area contributed by atoms with Crippen LogP contribution in [0.2, 0.25) is 10.0 Å². The first-order chi connectivity index (χ1) is 9.45. The minimum Gasteiger partial charge on any atom is -0.315 e. The quantitative estimate of drug-likeness (QED) is 0.867. The number of halogens is 3. The molecular formula is C12H11Cl2FN4S. The van der Waals surface area contributed by atoms with E-state index in [-0.39, 0.29) is 20.6 Å². The van der Waals surface area contributed by atoms with Crippen molar-refractivity contribution < 1.29 is 4.39 Å². The van der Waals surface area contributed by atoms with Crippen molar-refractivity contribution in [2.45, 2.75) is 20.4 Å². The molecule has 0 amide bonds. The van der Waals surface area contributed by atoms with Crippen LogP contribution in [-0.2, 0) is 6.54 Å². The molecule has 1 aromatic heterocycles. The lowest BCUT2D eigenvalue weighted by atomic mass is 10.1. The number of nitrogens with one attached hydrogen (secondary N) is 1. The molecule has 20 heavy (non-hydrogen) atoms. The van der Waals surface area contributed by atoms with Gasteiger partial charge in [0.25, 0.3) is 0 Å². The molecule has 0 fully saturated rings. The highest BCUT2D eigenvalue weighted by molar-refractivity contribution is 7.81. The molecule has 1 heterocycles. The molecule has 8 heteroatoms. The second-order valence-electron chi connectivity index (χ2n) is 4.05. The average molecular weight is 333 g/mol. The van der Waals surface area contributed by atoms with Gasteiger partial charge in [0.15, 0.2) is 0 Å². The summed E-state index contributed by atoms with van der Waals surface area (Å²) in [5.74, 6) is -0.147. The van der Waals surface area contributed by atoms with Crippen LogP contribution in [0.15, 0.2) is 12.4 Å². The number of hydrogen-bond donors (Lipinski definition) is 1. The number of rotatable bonds is 3. The van der Waals surface area contributed by atoms with Crippen LogP contribution in [0.4, 0.5) is 10.3 Å². The highest BCUT2D eigenvalue weighted by atomic mass is 35.5. The predicted molar refractivity (Wildman–Crippen MR) is 82.2 cm³/mol. The molecule has 4 nitrogen and oxygen atoms in total. The van der Waals surface area contributed by atoms with Crippen molar-refractivity contribution in [1.29, 1.82) is 0 Å². The summed E-state index contributed by atoms with van der Waals surface area (Å²) >= 11 is 17.2. The third kappa shape index (κ3) is 2.77. The van der Waals surface area contributed by atoms with E-state index < -0.39 is 5.82 Å². The van der Waals surface area contributed by atoms with Crippen LogP contribution in [0.5, 0.6) is 0 Å². The maximum absolute atomic E-state index is 14.0. The molecule has 0 bridgehead atoms. The number of anilines is 1. The first kappa shape index (κ1) is 15.2. The van der Waals surface area contributed by atoms with E-state index in [1.54, 1.807) is 17.8 Å². The van der Waals surface area contributed by atoms with E-state index in [9.17, 15) is 4.39 Å². The summed E-state index contributed by atoms with van der Waals surface area (Å²) in [5.41, 5.74) is 0.681. The Labute approximate surface area is 130 Å². The molecule has 0 aliphatic heterocycles. The molecule has 0 saturated heterocycles. The van der Waals surface area contributed by atoms with Gasteiger partial charge in [-0.15, -0.1) is 10.2 Å². The molecule has 0 unspecified atom stereocenters. The minimum atomic E-state index is -0.578. The summed E-state index contributed by atoms with van der Waals surface area (Å²) in [5, 5.41) is 10.9. The molecule has 1 aromatic carbocycles. The molecule has 0 aliphatic carbocycles. The van der Waals surface area contributed by atoms with Gasteiger partial charge < -0.3 is 9.88 Å². The highest BCUT2D eigenvalue weighted by Crippen LogP contribution is 2.30. The fraction of sp³-hybridized carbons (Fsp3) is 0.250. The summed E-state index contributed by atoms with van der Waals surface area (Å²) in [7, 11) is 0. The number of aromatic nitrogens is 3. The van der Waals surface area contributed by atoms with Crippen molar-refractivity contribution in [2.24, 2.45) is 0 Å². The zero-order chi connectivity index (χ0) is 14.9. The summed E-state index contributed by atoms with van der Waals surface area (Å²) in [6, 6.07) is 1.19. The first-order valence-corrected chi connectivity index (χ1v) is 6.95. The van der Waals surface area contributed by atoms with Gasteiger partial charge in [0.2, 0.25) is 5.95 Å². The third-order valence-corrected chi connectivity index (χ3v) is 3.98. The van der Waals surface area contributed by atoms with Crippen LogP contribution < -0.4 is 5.32 Å². The van der Waals surface area contributed by atoms with Crippen molar-refractivity contribution in [3.63, 3.8) is 0 Å². The first-order valence-electron chi connectivity index (χ1n) is 5.79. The van der Waals surface area contributed by atoms with E-state index in [2.05, 4.69) is 15.5 Å². The standard InChI is InChI=1S/C12H11Cl2FN4S/c1-3-19-5-16-18-12(19)17-11(20)9-8(15)4-7(13)6(2)10(9)14/h4-5H,3H2,1-2H3,(H,17,18,20). The Morgan fingerprint density at radius 3 is 2.85 bits per heavy atom. The number of benzene rings is 1. The van der Waals surface area contributed by atoms with Crippen LogP contribution in [0.25, 0.3) is 0 Å². The van der Waals surface area contributed by atoms with E-state index in [1.165, 1.54) is 6.07 Å². The van der Waals surface area contributed by atoms with E-state index in [0.29, 0.717) is 18.1 Å². The molecule has 106 valence electrons.